The van der Waals surface area contributed by atoms with Crippen LogP contribution in [0, 0.1) is 18.6 Å². The molecule has 2 aromatic heterocycles. The minimum absolute atomic E-state index is 0.280. The van der Waals surface area contributed by atoms with Crippen LogP contribution in [0.4, 0.5) is 13.9 Å². The molecule has 1 N–H and O–H groups in total. The van der Waals surface area contributed by atoms with Gasteiger partial charge in [-0.3, -0.25) is 10.1 Å². The van der Waals surface area contributed by atoms with Gasteiger partial charge in [-0.05, 0) is 24.6 Å². The fraction of sp³-hybridized carbons (Fsp3) is 0.125. The van der Waals surface area contributed by atoms with E-state index in [1.165, 1.54) is 41.9 Å². The summed E-state index contributed by atoms with van der Waals surface area (Å²) in [6.07, 6.45) is 3.05. The van der Waals surface area contributed by atoms with Crippen LogP contribution in [-0.4, -0.2) is 21.1 Å². The van der Waals surface area contributed by atoms with Crippen LogP contribution >= 0.6 is 11.3 Å². The lowest BCUT2D eigenvalue weighted by atomic mass is 10.1. The van der Waals surface area contributed by atoms with Crippen molar-refractivity contribution in [2.75, 3.05) is 5.32 Å². The van der Waals surface area contributed by atoms with Crippen molar-refractivity contribution >= 4 is 22.4 Å². The lowest BCUT2D eigenvalue weighted by molar-refractivity contribution is 0.102. The molecule has 0 unspecified atom stereocenters. The Labute approximate surface area is 140 Å². The average Bonchev–Trinajstić information content (AvgIpc) is 2.90. The standard InChI is InChI=1S/C16H12F2N4OS/c1-9-14(6-10-2-3-12(17)7-13(10)18)24-16(21-9)22-15(23)11-4-5-19-20-8-11/h2-5,7-8H,6H2,1H3,(H,21,22,23). The van der Waals surface area contributed by atoms with Crippen molar-refractivity contribution in [2.24, 2.45) is 0 Å². The summed E-state index contributed by atoms with van der Waals surface area (Å²) in [5.74, 6) is -1.56. The highest BCUT2D eigenvalue weighted by atomic mass is 32.1. The molecule has 24 heavy (non-hydrogen) atoms. The number of aryl methyl sites for hydroxylation is 1. The van der Waals surface area contributed by atoms with Crippen LogP contribution in [0.2, 0.25) is 0 Å². The number of thiazole rings is 1. The van der Waals surface area contributed by atoms with E-state index in [1.807, 2.05) is 0 Å². The number of carbonyl (C=O) groups excluding carboxylic acids is 1. The summed E-state index contributed by atoms with van der Waals surface area (Å²) < 4.78 is 26.7. The number of halogens is 2. The molecule has 1 aromatic carbocycles. The monoisotopic (exact) mass is 346 g/mol. The Morgan fingerprint density at radius 1 is 1.25 bits per heavy atom. The Hall–Kier alpha value is -2.74. The molecule has 3 aromatic rings. The summed E-state index contributed by atoms with van der Waals surface area (Å²) in [6.45, 7) is 1.77. The van der Waals surface area contributed by atoms with Crippen molar-refractivity contribution < 1.29 is 13.6 Å². The van der Waals surface area contributed by atoms with E-state index in [9.17, 15) is 13.6 Å². The van der Waals surface area contributed by atoms with Gasteiger partial charge in [0.1, 0.15) is 11.6 Å². The molecule has 0 saturated heterocycles. The molecule has 1 amide bonds. The van der Waals surface area contributed by atoms with Gasteiger partial charge in [-0.15, -0.1) is 11.3 Å². The molecule has 2 heterocycles. The maximum absolute atomic E-state index is 13.8. The highest BCUT2D eigenvalue weighted by Gasteiger charge is 2.14. The van der Waals surface area contributed by atoms with E-state index in [0.29, 0.717) is 22.0 Å². The molecule has 0 aliphatic rings. The first-order valence-corrected chi connectivity index (χ1v) is 7.83. The van der Waals surface area contributed by atoms with E-state index in [1.54, 1.807) is 6.92 Å². The first-order valence-electron chi connectivity index (χ1n) is 7.01. The fourth-order valence-electron chi connectivity index (χ4n) is 2.08. The lowest BCUT2D eigenvalue weighted by Gasteiger charge is -2.02. The maximum atomic E-state index is 13.8. The molecule has 0 aliphatic heterocycles. The largest absolute Gasteiger partial charge is 0.298 e. The molecular weight excluding hydrogens is 334 g/mol. The van der Waals surface area contributed by atoms with Gasteiger partial charge in [-0.25, -0.2) is 13.8 Å². The third-order valence-electron chi connectivity index (χ3n) is 3.33. The van der Waals surface area contributed by atoms with Gasteiger partial charge in [0.15, 0.2) is 5.13 Å². The Kier molecular flexibility index (Phi) is 4.57. The highest BCUT2D eigenvalue weighted by Crippen LogP contribution is 2.26. The molecule has 0 fully saturated rings. The number of benzene rings is 1. The third kappa shape index (κ3) is 3.60. The Morgan fingerprint density at radius 3 is 2.79 bits per heavy atom. The van der Waals surface area contributed by atoms with Crippen molar-refractivity contribution in [2.45, 2.75) is 13.3 Å². The normalized spacial score (nSPS) is 10.6. The zero-order valence-corrected chi connectivity index (χ0v) is 13.4. The number of aromatic nitrogens is 3. The second kappa shape index (κ2) is 6.79. The van der Waals surface area contributed by atoms with Gasteiger partial charge < -0.3 is 0 Å². The van der Waals surface area contributed by atoms with E-state index >= 15 is 0 Å². The van der Waals surface area contributed by atoms with Crippen LogP contribution in [0.3, 0.4) is 0 Å². The number of nitrogens with one attached hydrogen (secondary N) is 1. The summed E-state index contributed by atoms with van der Waals surface area (Å²) in [7, 11) is 0. The summed E-state index contributed by atoms with van der Waals surface area (Å²) in [5.41, 5.74) is 1.43. The summed E-state index contributed by atoms with van der Waals surface area (Å²) in [6, 6.07) is 5.01. The fourth-order valence-corrected chi connectivity index (χ4v) is 3.06. The summed E-state index contributed by atoms with van der Waals surface area (Å²) >= 11 is 1.25. The minimum Gasteiger partial charge on any atom is -0.298 e. The van der Waals surface area contributed by atoms with Gasteiger partial charge in [0.05, 0.1) is 23.7 Å². The van der Waals surface area contributed by atoms with E-state index < -0.39 is 11.6 Å². The van der Waals surface area contributed by atoms with E-state index in [-0.39, 0.29) is 12.3 Å². The van der Waals surface area contributed by atoms with E-state index in [0.717, 1.165) is 10.9 Å². The smallest absolute Gasteiger partial charge is 0.259 e. The van der Waals surface area contributed by atoms with Gasteiger partial charge in [0, 0.05) is 17.4 Å². The van der Waals surface area contributed by atoms with Crippen LogP contribution in [0.25, 0.3) is 0 Å². The molecule has 122 valence electrons. The van der Waals surface area contributed by atoms with Crippen molar-refractivity contribution in [3.63, 3.8) is 0 Å². The zero-order valence-electron chi connectivity index (χ0n) is 12.6. The van der Waals surface area contributed by atoms with Crippen molar-refractivity contribution in [1.82, 2.24) is 15.2 Å². The molecule has 5 nitrogen and oxygen atoms in total. The topological polar surface area (TPSA) is 67.8 Å². The zero-order chi connectivity index (χ0) is 17.1. The third-order valence-corrected chi connectivity index (χ3v) is 4.40. The quantitative estimate of drug-likeness (QED) is 0.786. The first-order chi connectivity index (χ1) is 11.5. The minimum atomic E-state index is -0.615. The molecule has 3 rings (SSSR count). The number of carbonyl (C=O) groups is 1. The summed E-state index contributed by atoms with van der Waals surface area (Å²) in [4.78, 5) is 17.1. The van der Waals surface area contributed by atoms with E-state index in [2.05, 4.69) is 20.5 Å². The molecule has 0 spiro atoms. The van der Waals surface area contributed by atoms with Crippen LogP contribution in [0.5, 0.6) is 0 Å². The molecule has 0 bridgehead atoms. The van der Waals surface area contributed by atoms with Crippen LogP contribution in [-0.2, 0) is 6.42 Å². The van der Waals surface area contributed by atoms with Gasteiger partial charge in [0.25, 0.3) is 5.91 Å². The average molecular weight is 346 g/mol. The Balaban J connectivity index is 1.76. The van der Waals surface area contributed by atoms with Gasteiger partial charge >= 0.3 is 0 Å². The molecular formula is C16H12F2N4OS. The number of hydrogen-bond donors (Lipinski definition) is 1. The highest BCUT2D eigenvalue weighted by molar-refractivity contribution is 7.15. The van der Waals surface area contributed by atoms with E-state index in [4.69, 9.17) is 0 Å². The predicted octanol–water partition coefficient (Wildman–Crippen LogP) is 3.36. The Morgan fingerprint density at radius 2 is 2.08 bits per heavy atom. The lowest BCUT2D eigenvalue weighted by Crippen LogP contribution is -2.12. The van der Waals surface area contributed by atoms with Crippen molar-refractivity contribution in [3.8, 4) is 0 Å². The molecule has 0 aliphatic carbocycles. The molecule has 8 heteroatoms. The number of anilines is 1. The number of nitrogens with zero attached hydrogens (tertiary/aromatic N) is 3. The van der Waals surface area contributed by atoms with Crippen LogP contribution in [0.15, 0.2) is 36.7 Å². The second-order valence-electron chi connectivity index (χ2n) is 5.03. The second-order valence-corrected chi connectivity index (χ2v) is 6.11. The number of amides is 1. The van der Waals surface area contributed by atoms with Gasteiger partial charge in [-0.1, -0.05) is 6.07 Å². The molecule has 0 atom stereocenters. The number of rotatable bonds is 4. The number of hydrogen-bond acceptors (Lipinski definition) is 5. The van der Waals surface area contributed by atoms with Crippen LogP contribution in [0.1, 0.15) is 26.5 Å². The Bertz CT molecular complexity index is 883. The maximum Gasteiger partial charge on any atom is 0.259 e. The predicted molar refractivity (Wildman–Crippen MR) is 86.0 cm³/mol. The van der Waals surface area contributed by atoms with Gasteiger partial charge in [0.2, 0.25) is 0 Å². The van der Waals surface area contributed by atoms with Crippen molar-refractivity contribution in [1.29, 1.82) is 0 Å². The van der Waals surface area contributed by atoms with Gasteiger partial charge in [-0.2, -0.15) is 10.2 Å². The molecule has 0 radical (unpaired) electrons. The summed E-state index contributed by atoms with van der Waals surface area (Å²) in [5, 5.41) is 10.3. The molecule has 0 saturated carbocycles. The van der Waals surface area contributed by atoms with Crippen LogP contribution < -0.4 is 5.32 Å². The van der Waals surface area contributed by atoms with Crippen molar-refractivity contribution in [3.05, 3.63) is 70.0 Å². The SMILES string of the molecule is Cc1nc(NC(=O)c2ccnnc2)sc1Cc1ccc(F)cc1F. The first kappa shape index (κ1) is 16.1.